The molecule has 0 radical (unpaired) electrons. The summed E-state index contributed by atoms with van der Waals surface area (Å²) in [5, 5.41) is 3.18. The van der Waals surface area contributed by atoms with Gasteiger partial charge in [-0.2, -0.15) is 0 Å². The highest BCUT2D eigenvalue weighted by Crippen LogP contribution is 2.34. The van der Waals surface area contributed by atoms with Gasteiger partial charge in [0.2, 0.25) is 0 Å². The number of carbonyl (C=O) groups excluding carboxylic acids is 2. The first-order valence-electron chi connectivity index (χ1n) is 8.11. The van der Waals surface area contributed by atoms with Crippen molar-refractivity contribution in [1.29, 1.82) is 0 Å². The van der Waals surface area contributed by atoms with Gasteiger partial charge in [-0.25, -0.2) is 13.6 Å². The first-order valence-corrected chi connectivity index (χ1v) is 8.11. The molecule has 7 heteroatoms. The van der Waals surface area contributed by atoms with Gasteiger partial charge in [-0.15, -0.1) is 0 Å². The third-order valence-electron chi connectivity index (χ3n) is 4.13. The zero-order valence-corrected chi connectivity index (χ0v) is 14.4. The van der Waals surface area contributed by atoms with Gasteiger partial charge in [0.15, 0.2) is 11.6 Å². The predicted molar refractivity (Wildman–Crippen MR) is 93.1 cm³/mol. The predicted octanol–water partition coefficient (Wildman–Crippen LogP) is 3.36. The third kappa shape index (κ3) is 3.37. The average Bonchev–Trinajstić information content (AvgIpc) is 2.60. The molecule has 2 aromatic carbocycles. The second kappa shape index (κ2) is 6.74. The Morgan fingerprint density at radius 3 is 2.62 bits per heavy atom. The van der Waals surface area contributed by atoms with Crippen molar-refractivity contribution < 1.29 is 23.1 Å². The molecule has 0 atom stereocenters. The van der Waals surface area contributed by atoms with Gasteiger partial charge in [0, 0.05) is 0 Å². The lowest BCUT2D eigenvalue weighted by Crippen LogP contribution is -2.54. The van der Waals surface area contributed by atoms with Crippen LogP contribution in [0.2, 0.25) is 0 Å². The Morgan fingerprint density at radius 2 is 1.88 bits per heavy atom. The van der Waals surface area contributed by atoms with E-state index < -0.39 is 23.1 Å². The molecule has 0 spiro atoms. The number of fused-ring (bicyclic) bond motifs is 1. The zero-order valence-electron chi connectivity index (χ0n) is 14.4. The maximum absolute atomic E-state index is 13.2. The van der Waals surface area contributed by atoms with Crippen LogP contribution < -0.4 is 10.2 Å². The Bertz CT molecular complexity index is 868. The molecule has 0 aliphatic carbocycles. The summed E-state index contributed by atoms with van der Waals surface area (Å²) in [5.74, 6) is -3.08. The lowest BCUT2D eigenvalue weighted by Gasteiger charge is -2.39. The van der Waals surface area contributed by atoms with Crippen molar-refractivity contribution in [3.63, 3.8) is 0 Å². The molecule has 1 amide bonds. The smallest absolute Gasteiger partial charge is 0.338 e. The molecule has 3 rings (SSSR count). The maximum Gasteiger partial charge on any atom is 0.338 e. The lowest BCUT2D eigenvalue weighted by atomic mass is 9.98. The number of hydrogen-bond acceptors (Lipinski definition) is 4. The minimum atomic E-state index is -1.12. The molecule has 26 heavy (non-hydrogen) atoms. The first kappa shape index (κ1) is 17.8. The van der Waals surface area contributed by atoms with E-state index in [0.717, 1.165) is 23.9 Å². The number of ether oxygens (including phenoxy) is 1. The number of amides is 1. The van der Waals surface area contributed by atoms with Crippen molar-refractivity contribution >= 4 is 23.3 Å². The number of carbonyl (C=O) groups is 2. The molecular formula is C19H18F2N2O3. The Labute approximate surface area is 149 Å². The Kier molecular flexibility index (Phi) is 4.63. The van der Waals surface area contributed by atoms with E-state index in [1.807, 2.05) is 18.2 Å². The van der Waals surface area contributed by atoms with Crippen molar-refractivity contribution in [3.05, 3.63) is 59.7 Å². The summed E-state index contributed by atoms with van der Waals surface area (Å²) in [4.78, 5) is 26.2. The highest BCUT2D eigenvalue weighted by molar-refractivity contribution is 6.07. The van der Waals surface area contributed by atoms with Crippen LogP contribution in [0.4, 0.5) is 20.2 Å². The van der Waals surface area contributed by atoms with Gasteiger partial charge >= 0.3 is 5.97 Å². The molecule has 1 aliphatic heterocycles. The molecule has 5 nitrogen and oxygen atoms in total. The standard InChI is InChI=1S/C19H18F2N2O3/c1-19(2)18(25)23(16-6-4-3-5-15(16)22-19)9-10-26-17(24)12-7-8-13(20)14(21)11-12/h3-8,11,22H,9-10H2,1-2H3. The van der Waals surface area contributed by atoms with E-state index in [9.17, 15) is 18.4 Å². The van der Waals surface area contributed by atoms with Crippen LogP contribution in [0, 0.1) is 11.6 Å². The summed E-state index contributed by atoms with van der Waals surface area (Å²) < 4.78 is 31.3. The van der Waals surface area contributed by atoms with E-state index in [0.29, 0.717) is 5.69 Å². The van der Waals surface area contributed by atoms with Crippen LogP contribution in [0.3, 0.4) is 0 Å². The van der Waals surface area contributed by atoms with Gasteiger partial charge in [-0.05, 0) is 44.2 Å². The molecule has 0 aromatic heterocycles. The minimum absolute atomic E-state index is 0.0754. The number of nitrogens with zero attached hydrogens (tertiary/aromatic N) is 1. The molecule has 136 valence electrons. The largest absolute Gasteiger partial charge is 0.460 e. The van der Waals surface area contributed by atoms with Crippen LogP contribution in [0.15, 0.2) is 42.5 Å². The van der Waals surface area contributed by atoms with Crippen molar-refractivity contribution in [2.24, 2.45) is 0 Å². The number of rotatable bonds is 4. The van der Waals surface area contributed by atoms with Crippen LogP contribution in [-0.2, 0) is 9.53 Å². The Balaban J connectivity index is 1.70. The fraction of sp³-hybridized carbons (Fsp3) is 0.263. The van der Waals surface area contributed by atoms with Crippen LogP contribution in [-0.4, -0.2) is 30.6 Å². The molecule has 0 fully saturated rings. The Hall–Kier alpha value is -2.96. The van der Waals surface area contributed by atoms with Crippen molar-refractivity contribution in [2.45, 2.75) is 19.4 Å². The van der Waals surface area contributed by atoms with Gasteiger partial charge in [0.1, 0.15) is 12.1 Å². The van der Waals surface area contributed by atoms with E-state index in [1.54, 1.807) is 24.8 Å². The lowest BCUT2D eigenvalue weighted by molar-refractivity contribution is -0.122. The summed E-state index contributed by atoms with van der Waals surface area (Å²) >= 11 is 0. The number of para-hydroxylation sites is 2. The average molecular weight is 360 g/mol. The fourth-order valence-corrected chi connectivity index (χ4v) is 2.81. The normalized spacial score (nSPS) is 15.2. The minimum Gasteiger partial charge on any atom is -0.460 e. The van der Waals surface area contributed by atoms with E-state index >= 15 is 0 Å². The molecule has 1 N–H and O–H groups in total. The van der Waals surface area contributed by atoms with Crippen LogP contribution in [0.1, 0.15) is 24.2 Å². The van der Waals surface area contributed by atoms with Crippen molar-refractivity contribution in [2.75, 3.05) is 23.4 Å². The fourth-order valence-electron chi connectivity index (χ4n) is 2.81. The zero-order chi connectivity index (χ0) is 18.9. The van der Waals surface area contributed by atoms with Gasteiger partial charge in [-0.1, -0.05) is 12.1 Å². The highest BCUT2D eigenvalue weighted by atomic mass is 19.2. The number of benzene rings is 2. The molecular weight excluding hydrogens is 342 g/mol. The van der Waals surface area contributed by atoms with Crippen LogP contribution in [0.5, 0.6) is 0 Å². The molecule has 0 saturated heterocycles. The Morgan fingerprint density at radius 1 is 1.15 bits per heavy atom. The summed E-state index contributed by atoms with van der Waals surface area (Å²) in [6.07, 6.45) is 0. The monoisotopic (exact) mass is 360 g/mol. The molecule has 1 heterocycles. The number of nitrogens with one attached hydrogen (secondary N) is 1. The third-order valence-corrected chi connectivity index (χ3v) is 4.13. The highest BCUT2D eigenvalue weighted by Gasteiger charge is 2.38. The van der Waals surface area contributed by atoms with E-state index in [1.165, 1.54) is 0 Å². The van der Waals surface area contributed by atoms with E-state index in [2.05, 4.69) is 5.32 Å². The summed E-state index contributed by atoms with van der Waals surface area (Å²) in [6.45, 7) is 3.61. The van der Waals surface area contributed by atoms with Crippen molar-refractivity contribution in [3.8, 4) is 0 Å². The second-order valence-electron chi connectivity index (χ2n) is 6.49. The van der Waals surface area contributed by atoms with Gasteiger partial charge in [0.05, 0.1) is 23.5 Å². The number of halogens is 2. The first-order chi connectivity index (χ1) is 12.3. The van der Waals surface area contributed by atoms with Gasteiger partial charge < -0.3 is 15.0 Å². The van der Waals surface area contributed by atoms with Crippen LogP contribution >= 0.6 is 0 Å². The SMILES string of the molecule is CC1(C)Nc2ccccc2N(CCOC(=O)c2ccc(F)c(F)c2)C1=O. The quantitative estimate of drug-likeness (QED) is 0.850. The summed E-state index contributed by atoms with van der Waals surface area (Å²) in [5.41, 5.74) is 0.624. The molecule has 0 unspecified atom stereocenters. The maximum atomic E-state index is 13.2. The topological polar surface area (TPSA) is 58.6 Å². The van der Waals surface area contributed by atoms with Gasteiger partial charge in [0.25, 0.3) is 5.91 Å². The molecule has 0 saturated carbocycles. The second-order valence-corrected chi connectivity index (χ2v) is 6.49. The number of esters is 1. The number of anilines is 2. The number of hydrogen-bond donors (Lipinski definition) is 1. The molecule has 0 bridgehead atoms. The van der Waals surface area contributed by atoms with E-state index in [4.69, 9.17) is 4.74 Å². The van der Waals surface area contributed by atoms with Crippen molar-refractivity contribution in [1.82, 2.24) is 0 Å². The van der Waals surface area contributed by atoms with Gasteiger partial charge in [-0.3, -0.25) is 4.79 Å². The summed E-state index contributed by atoms with van der Waals surface area (Å²) in [6, 6.07) is 10.1. The molecule has 1 aliphatic rings. The molecule has 2 aromatic rings. The summed E-state index contributed by atoms with van der Waals surface area (Å²) in [7, 11) is 0. The van der Waals surface area contributed by atoms with E-state index in [-0.39, 0.29) is 24.6 Å². The van der Waals surface area contributed by atoms with Crippen LogP contribution in [0.25, 0.3) is 0 Å².